The molecule has 1 saturated heterocycles. The van der Waals surface area contributed by atoms with E-state index in [2.05, 4.69) is 43.4 Å². The van der Waals surface area contributed by atoms with Crippen molar-refractivity contribution in [3.05, 3.63) is 35.9 Å². The molecule has 1 aliphatic heterocycles. The average Bonchev–Trinajstić information content (AvgIpc) is 2.66. The molecule has 2 rings (SSSR count). The Kier molecular flexibility index (Phi) is 3.58. The Bertz CT molecular complexity index is 342. The van der Waals surface area contributed by atoms with Gasteiger partial charge in [0.15, 0.2) is 0 Å². The van der Waals surface area contributed by atoms with Crippen LogP contribution >= 0.6 is 22.9 Å². The van der Waals surface area contributed by atoms with Gasteiger partial charge in [-0.25, -0.2) is 3.11 Å². The largest absolute Gasteiger partial charge is 0.355 e. The smallest absolute Gasteiger partial charge is 0.238 e. The number of halogens is 1. The molecule has 1 N–H and O–H groups in total. The second-order valence-corrected chi connectivity index (χ2v) is 4.88. The topological polar surface area (TPSA) is 32.3 Å². The van der Waals surface area contributed by atoms with Crippen molar-refractivity contribution < 1.29 is 4.79 Å². The number of benzene rings is 1. The van der Waals surface area contributed by atoms with Crippen LogP contribution in [0.2, 0.25) is 0 Å². The zero-order chi connectivity index (χ0) is 10.7. The number of carbonyl (C=O) groups excluding carboxylic acids is 1. The van der Waals surface area contributed by atoms with Gasteiger partial charge in [0.2, 0.25) is 5.91 Å². The molecule has 1 unspecified atom stereocenters. The fourth-order valence-electron chi connectivity index (χ4n) is 1.72. The molecule has 80 valence electrons. The van der Waals surface area contributed by atoms with E-state index in [0.29, 0.717) is 0 Å². The molecule has 3 nitrogen and oxygen atoms in total. The van der Waals surface area contributed by atoms with Crippen LogP contribution in [0.15, 0.2) is 30.3 Å². The Morgan fingerprint density at radius 2 is 2.13 bits per heavy atom. The van der Waals surface area contributed by atoms with Crippen molar-refractivity contribution in [2.45, 2.75) is 19.0 Å². The van der Waals surface area contributed by atoms with Crippen LogP contribution in [0, 0.1) is 0 Å². The molecule has 1 fully saturated rings. The number of hydrogen-bond acceptors (Lipinski definition) is 2. The summed E-state index contributed by atoms with van der Waals surface area (Å²) in [5, 5.41) is 2.85. The number of amides is 1. The van der Waals surface area contributed by atoms with Crippen LogP contribution in [0.3, 0.4) is 0 Å². The summed E-state index contributed by atoms with van der Waals surface area (Å²) in [6, 6.07) is 10.2. The van der Waals surface area contributed by atoms with E-state index in [1.54, 1.807) is 0 Å². The first-order valence-corrected chi connectivity index (χ1v) is 5.98. The SMILES string of the molecule is O=C1NCCC1N(I)Cc1ccccc1. The Balaban J connectivity index is 1.97. The van der Waals surface area contributed by atoms with E-state index in [-0.39, 0.29) is 11.9 Å². The summed E-state index contributed by atoms with van der Waals surface area (Å²) >= 11 is 2.23. The Morgan fingerprint density at radius 1 is 1.40 bits per heavy atom. The van der Waals surface area contributed by atoms with Gasteiger partial charge in [-0.3, -0.25) is 4.79 Å². The van der Waals surface area contributed by atoms with Crippen LogP contribution in [-0.2, 0) is 11.3 Å². The van der Waals surface area contributed by atoms with Crippen molar-refractivity contribution in [2.24, 2.45) is 0 Å². The lowest BCUT2D eigenvalue weighted by molar-refractivity contribution is -0.122. The lowest BCUT2D eigenvalue weighted by Crippen LogP contribution is -2.33. The molecule has 1 atom stereocenters. The summed E-state index contributed by atoms with van der Waals surface area (Å²) in [6.07, 6.45) is 0.911. The van der Waals surface area contributed by atoms with Crippen molar-refractivity contribution in [1.29, 1.82) is 0 Å². The molecule has 0 aliphatic carbocycles. The highest BCUT2D eigenvalue weighted by Crippen LogP contribution is 2.18. The highest BCUT2D eigenvalue weighted by atomic mass is 127. The first kappa shape index (κ1) is 10.9. The number of carbonyl (C=O) groups is 1. The lowest BCUT2D eigenvalue weighted by Gasteiger charge is -2.19. The quantitative estimate of drug-likeness (QED) is 0.680. The maximum atomic E-state index is 11.4. The Labute approximate surface area is 103 Å². The third-order valence-electron chi connectivity index (χ3n) is 2.53. The maximum absolute atomic E-state index is 11.4. The summed E-state index contributed by atoms with van der Waals surface area (Å²) in [6.45, 7) is 1.62. The minimum atomic E-state index is 0.0332. The third kappa shape index (κ3) is 2.69. The Morgan fingerprint density at radius 3 is 2.73 bits per heavy atom. The molecule has 1 aromatic rings. The van der Waals surface area contributed by atoms with Crippen molar-refractivity contribution in [3.63, 3.8) is 0 Å². The van der Waals surface area contributed by atoms with Crippen LogP contribution in [0.5, 0.6) is 0 Å². The molecular formula is C11H13IN2O. The Hall–Kier alpha value is -0.620. The van der Waals surface area contributed by atoms with Crippen molar-refractivity contribution in [1.82, 2.24) is 8.43 Å². The molecule has 1 aliphatic rings. The van der Waals surface area contributed by atoms with Gasteiger partial charge < -0.3 is 5.32 Å². The minimum Gasteiger partial charge on any atom is -0.355 e. The highest BCUT2D eigenvalue weighted by Gasteiger charge is 2.28. The van der Waals surface area contributed by atoms with Gasteiger partial charge >= 0.3 is 0 Å². The summed E-state index contributed by atoms with van der Waals surface area (Å²) in [5.74, 6) is 0.153. The molecule has 0 bridgehead atoms. The summed E-state index contributed by atoms with van der Waals surface area (Å²) < 4.78 is 2.08. The number of rotatable bonds is 3. The minimum absolute atomic E-state index is 0.0332. The number of nitrogens with one attached hydrogen (secondary N) is 1. The molecule has 0 aromatic heterocycles. The zero-order valence-corrected chi connectivity index (χ0v) is 10.5. The van der Waals surface area contributed by atoms with Gasteiger partial charge in [-0.1, -0.05) is 30.3 Å². The molecule has 0 spiro atoms. The molecule has 15 heavy (non-hydrogen) atoms. The van der Waals surface area contributed by atoms with Crippen LogP contribution in [0.1, 0.15) is 12.0 Å². The van der Waals surface area contributed by atoms with Crippen LogP contribution in [0.4, 0.5) is 0 Å². The van der Waals surface area contributed by atoms with Gasteiger partial charge in [-0.2, -0.15) is 0 Å². The van der Waals surface area contributed by atoms with Gasteiger partial charge in [0.25, 0.3) is 0 Å². The molecule has 1 aromatic carbocycles. The van der Waals surface area contributed by atoms with Crippen LogP contribution in [-0.4, -0.2) is 21.6 Å². The molecule has 0 radical (unpaired) electrons. The predicted molar refractivity (Wildman–Crippen MR) is 67.4 cm³/mol. The van der Waals surface area contributed by atoms with Crippen LogP contribution < -0.4 is 5.32 Å². The van der Waals surface area contributed by atoms with Crippen molar-refractivity contribution >= 4 is 28.8 Å². The van der Waals surface area contributed by atoms with Gasteiger partial charge in [-0.05, 0) is 12.0 Å². The molecule has 1 amide bonds. The fourth-order valence-corrected chi connectivity index (χ4v) is 2.64. The normalized spacial score (nSPS) is 20.7. The second kappa shape index (κ2) is 4.94. The number of nitrogens with zero attached hydrogens (tertiary/aromatic N) is 1. The fraction of sp³-hybridized carbons (Fsp3) is 0.364. The van der Waals surface area contributed by atoms with E-state index in [1.165, 1.54) is 5.56 Å². The molecule has 1 heterocycles. The molecule has 0 saturated carbocycles. The van der Waals surface area contributed by atoms with E-state index in [1.807, 2.05) is 18.2 Å². The van der Waals surface area contributed by atoms with E-state index >= 15 is 0 Å². The predicted octanol–water partition coefficient (Wildman–Crippen LogP) is 1.73. The maximum Gasteiger partial charge on any atom is 0.238 e. The molecular weight excluding hydrogens is 303 g/mol. The summed E-state index contributed by atoms with van der Waals surface area (Å²) in [4.78, 5) is 11.4. The van der Waals surface area contributed by atoms with Gasteiger partial charge in [-0.15, -0.1) is 0 Å². The third-order valence-corrected chi connectivity index (χ3v) is 3.55. The van der Waals surface area contributed by atoms with E-state index in [4.69, 9.17) is 0 Å². The first-order valence-electron chi connectivity index (χ1n) is 5.01. The average molecular weight is 316 g/mol. The van der Waals surface area contributed by atoms with E-state index < -0.39 is 0 Å². The lowest BCUT2D eigenvalue weighted by atomic mass is 10.2. The van der Waals surface area contributed by atoms with Gasteiger partial charge in [0.1, 0.15) is 6.04 Å². The van der Waals surface area contributed by atoms with Crippen LogP contribution in [0.25, 0.3) is 0 Å². The van der Waals surface area contributed by atoms with Crippen molar-refractivity contribution in [2.75, 3.05) is 6.54 Å². The second-order valence-electron chi connectivity index (χ2n) is 3.64. The standard InChI is InChI=1S/C11H13IN2O/c12-14(10-6-7-13-11(10)15)8-9-4-2-1-3-5-9/h1-5,10H,6-8H2,(H,13,15). The van der Waals surface area contributed by atoms with Crippen molar-refractivity contribution in [3.8, 4) is 0 Å². The van der Waals surface area contributed by atoms with E-state index in [9.17, 15) is 4.79 Å². The number of hydrogen-bond donors (Lipinski definition) is 1. The van der Waals surface area contributed by atoms with Gasteiger partial charge in [0.05, 0.1) is 0 Å². The monoisotopic (exact) mass is 316 g/mol. The highest BCUT2D eigenvalue weighted by molar-refractivity contribution is 14.1. The van der Waals surface area contributed by atoms with E-state index in [0.717, 1.165) is 19.5 Å². The zero-order valence-electron chi connectivity index (χ0n) is 8.32. The van der Waals surface area contributed by atoms with Gasteiger partial charge in [0, 0.05) is 36.0 Å². The first-order chi connectivity index (χ1) is 7.27. The summed E-state index contributed by atoms with van der Waals surface area (Å²) in [7, 11) is 0. The summed E-state index contributed by atoms with van der Waals surface area (Å²) in [5.41, 5.74) is 1.24. The molecule has 4 heteroatoms.